The Morgan fingerprint density at radius 2 is 2.12 bits per heavy atom. The van der Waals surface area contributed by atoms with Gasteiger partial charge in [-0.2, -0.15) is 4.31 Å². The minimum absolute atomic E-state index is 0.0330. The van der Waals surface area contributed by atoms with E-state index in [1.54, 1.807) is 12.1 Å². The highest BCUT2D eigenvalue weighted by Gasteiger charge is 2.29. The second-order valence-electron chi connectivity index (χ2n) is 6.22. The number of carbonyl (C=O) groups is 1. The Kier molecular flexibility index (Phi) is 6.11. The lowest BCUT2D eigenvalue weighted by atomic mass is 9.86. The number of carboxylic acids is 1. The summed E-state index contributed by atoms with van der Waals surface area (Å²) >= 11 is 5.95. The predicted molar refractivity (Wildman–Crippen MR) is 90.9 cm³/mol. The monoisotopic (exact) mass is 375 g/mol. The number of halogens is 1. The third-order valence-corrected chi connectivity index (χ3v) is 6.33. The summed E-state index contributed by atoms with van der Waals surface area (Å²) < 4.78 is 32.3. The number of ether oxygens (including phenoxy) is 1. The van der Waals surface area contributed by atoms with Gasteiger partial charge in [-0.05, 0) is 37.0 Å². The largest absolute Gasteiger partial charge is 0.492 e. The Balaban J connectivity index is 2.23. The van der Waals surface area contributed by atoms with Crippen LogP contribution in [0.4, 0.5) is 0 Å². The van der Waals surface area contributed by atoms with Gasteiger partial charge in [0.05, 0.1) is 12.5 Å². The van der Waals surface area contributed by atoms with Gasteiger partial charge < -0.3 is 9.84 Å². The van der Waals surface area contributed by atoms with E-state index in [2.05, 4.69) is 0 Å². The van der Waals surface area contributed by atoms with Gasteiger partial charge in [-0.3, -0.25) is 4.79 Å². The van der Waals surface area contributed by atoms with Gasteiger partial charge in [0.2, 0.25) is 10.0 Å². The number of hydrogen-bond acceptors (Lipinski definition) is 4. The van der Waals surface area contributed by atoms with E-state index in [0.717, 1.165) is 17.1 Å². The van der Waals surface area contributed by atoms with E-state index in [-0.39, 0.29) is 22.2 Å². The van der Waals surface area contributed by atoms with Crippen molar-refractivity contribution < 1.29 is 23.1 Å². The summed E-state index contributed by atoms with van der Waals surface area (Å²) in [5, 5.41) is 9.26. The SMILES string of the molecule is CC(CN(C)S(=O)(=O)c1cc(Cl)ccc1OCC1CCC1)C(=O)O. The van der Waals surface area contributed by atoms with Crippen molar-refractivity contribution in [1.29, 1.82) is 0 Å². The third kappa shape index (κ3) is 4.40. The fourth-order valence-electron chi connectivity index (χ4n) is 2.40. The van der Waals surface area contributed by atoms with Gasteiger partial charge >= 0.3 is 5.97 Å². The first-order valence-electron chi connectivity index (χ1n) is 7.83. The zero-order chi connectivity index (χ0) is 17.9. The zero-order valence-corrected chi connectivity index (χ0v) is 15.3. The smallest absolute Gasteiger partial charge is 0.307 e. The van der Waals surface area contributed by atoms with Crippen molar-refractivity contribution in [2.75, 3.05) is 20.2 Å². The van der Waals surface area contributed by atoms with Gasteiger partial charge in [-0.25, -0.2) is 8.42 Å². The molecule has 134 valence electrons. The van der Waals surface area contributed by atoms with Crippen LogP contribution in [0.1, 0.15) is 26.2 Å². The minimum atomic E-state index is -3.90. The van der Waals surface area contributed by atoms with E-state index in [4.69, 9.17) is 21.4 Å². The van der Waals surface area contributed by atoms with E-state index in [1.807, 2.05) is 0 Å². The summed E-state index contributed by atoms with van der Waals surface area (Å²) in [4.78, 5) is 10.9. The first kappa shape index (κ1) is 19.0. The number of hydrogen-bond donors (Lipinski definition) is 1. The van der Waals surface area contributed by atoms with Crippen LogP contribution in [0.2, 0.25) is 5.02 Å². The number of sulfonamides is 1. The van der Waals surface area contributed by atoms with Crippen LogP contribution in [0.5, 0.6) is 5.75 Å². The lowest BCUT2D eigenvalue weighted by Crippen LogP contribution is -2.34. The fourth-order valence-corrected chi connectivity index (χ4v) is 4.05. The number of rotatable bonds is 8. The molecule has 0 aromatic heterocycles. The quantitative estimate of drug-likeness (QED) is 0.755. The van der Waals surface area contributed by atoms with E-state index < -0.39 is 21.9 Å². The molecule has 0 heterocycles. The van der Waals surface area contributed by atoms with Gasteiger partial charge in [-0.15, -0.1) is 0 Å². The van der Waals surface area contributed by atoms with Crippen LogP contribution in [0.25, 0.3) is 0 Å². The van der Waals surface area contributed by atoms with Gasteiger partial charge in [0.1, 0.15) is 10.6 Å². The van der Waals surface area contributed by atoms with Gasteiger partial charge in [0, 0.05) is 18.6 Å². The van der Waals surface area contributed by atoms with E-state index in [1.165, 1.54) is 26.5 Å². The van der Waals surface area contributed by atoms with E-state index in [0.29, 0.717) is 12.5 Å². The van der Waals surface area contributed by atoms with E-state index in [9.17, 15) is 13.2 Å². The first-order chi connectivity index (χ1) is 11.2. The molecule has 1 atom stereocenters. The van der Waals surface area contributed by atoms with Crippen molar-refractivity contribution in [3.63, 3.8) is 0 Å². The lowest BCUT2D eigenvalue weighted by Gasteiger charge is -2.26. The average Bonchev–Trinajstić information content (AvgIpc) is 2.46. The molecule has 0 radical (unpaired) electrons. The summed E-state index contributed by atoms with van der Waals surface area (Å²) in [5.74, 6) is -1.16. The second-order valence-corrected chi connectivity index (χ2v) is 8.67. The van der Waals surface area contributed by atoms with Gasteiger partial charge in [0.25, 0.3) is 0 Å². The molecule has 0 bridgehead atoms. The van der Waals surface area contributed by atoms with Crippen LogP contribution < -0.4 is 4.74 Å². The number of carboxylic acid groups (broad SMARTS) is 1. The zero-order valence-electron chi connectivity index (χ0n) is 13.7. The highest BCUT2D eigenvalue weighted by molar-refractivity contribution is 7.89. The van der Waals surface area contributed by atoms with E-state index >= 15 is 0 Å². The van der Waals surface area contributed by atoms with Crippen molar-refractivity contribution in [1.82, 2.24) is 4.31 Å². The van der Waals surface area contributed by atoms with Crippen LogP contribution in [0.3, 0.4) is 0 Å². The molecule has 1 aliphatic rings. The topological polar surface area (TPSA) is 83.9 Å². The standard InChI is InChI=1S/C16H22ClNO5S/c1-11(16(19)20)9-18(2)24(21,22)15-8-13(17)6-7-14(15)23-10-12-4-3-5-12/h6-8,11-12H,3-5,9-10H2,1-2H3,(H,19,20). The molecule has 2 rings (SSSR count). The predicted octanol–water partition coefficient (Wildman–Crippen LogP) is 2.86. The Hall–Kier alpha value is -1.31. The molecule has 0 saturated heterocycles. The maximum atomic E-state index is 12.8. The number of benzene rings is 1. The lowest BCUT2D eigenvalue weighted by molar-refractivity contribution is -0.141. The molecule has 0 spiro atoms. The summed E-state index contributed by atoms with van der Waals surface area (Å²) in [5.41, 5.74) is 0. The molecule has 1 aromatic carbocycles. The van der Waals surface area contributed by atoms with Crippen LogP contribution in [-0.2, 0) is 14.8 Å². The highest BCUT2D eigenvalue weighted by atomic mass is 35.5. The molecule has 1 N–H and O–H groups in total. The van der Waals surface area contributed by atoms with Gasteiger partial charge in [-0.1, -0.05) is 24.9 Å². The molecule has 1 aromatic rings. The normalized spacial score (nSPS) is 16.7. The van der Waals surface area contributed by atoms with Crippen molar-refractivity contribution in [2.45, 2.75) is 31.1 Å². The molecule has 0 aliphatic heterocycles. The van der Waals surface area contributed by atoms with Crippen molar-refractivity contribution >= 4 is 27.6 Å². The molecule has 1 fully saturated rings. The molecular formula is C16H22ClNO5S. The fraction of sp³-hybridized carbons (Fsp3) is 0.562. The number of nitrogens with zero attached hydrogens (tertiary/aromatic N) is 1. The van der Waals surface area contributed by atoms with Crippen LogP contribution in [0.15, 0.2) is 23.1 Å². The van der Waals surface area contributed by atoms with Crippen molar-refractivity contribution in [3.05, 3.63) is 23.2 Å². The minimum Gasteiger partial charge on any atom is -0.492 e. The summed E-state index contributed by atoms with van der Waals surface area (Å²) in [6.45, 7) is 1.80. The molecule has 8 heteroatoms. The Morgan fingerprint density at radius 1 is 1.46 bits per heavy atom. The third-order valence-electron chi connectivity index (χ3n) is 4.25. The number of aliphatic carboxylic acids is 1. The Labute approximate surface area is 147 Å². The maximum Gasteiger partial charge on any atom is 0.307 e. The molecule has 1 saturated carbocycles. The second kappa shape index (κ2) is 7.72. The van der Waals surface area contributed by atoms with Crippen molar-refractivity contribution in [3.8, 4) is 5.75 Å². The molecule has 24 heavy (non-hydrogen) atoms. The molecular weight excluding hydrogens is 354 g/mol. The van der Waals surface area contributed by atoms with Gasteiger partial charge in [0.15, 0.2) is 0 Å². The molecule has 1 aliphatic carbocycles. The van der Waals surface area contributed by atoms with Crippen LogP contribution in [0, 0.1) is 11.8 Å². The first-order valence-corrected chi connectivity index (χ1v) is 9.65. The Bertz CT molecular complexity index is 702. The summed E-state index contributed by atoms with van der Waals surface area (Å²) in [7, 11) is -2.54. The molecule has 1 unspecified atom stereocenters. The van der Waals surface area contributed by atoms with Crippen LogP contribution in [-0.4, -0.2) is 44.0 Å². The summed E-state index contributed by atoms with van der Waals surface area (Å²) in [6, 6.07) is 4.47. The highest BCUT2D eigenvalue weighted by Crippen LogP contribution is 2.32. The Morgan fingerprint density at radius 3 is 2.67 bits per heavy atom. The molecule has 6 nitrogen and oxygen atoms in total. The maximum absolute atomic E-state index is 12.8. The summed E-state index contributed by atoms with van der Waals surface area (Å²) in [6.07, 6.45) is 3.35. The van der Waals surface area contributed by atoms with Crippen LogP contribution >= 0.6 is 11.6 Å². The van der Waals surface area contributed by atoms with Crippen molar-refractivity contribution in [2.24, 2.45) is 11.8 Å². The molecule has 0 amide bonds. The average molecular weight is 376 g/mol.